The Hall–Kier alpha value is -3.26. The summed E-state index contributed by atoms with van der Waals surface area (Å²) in [6, 6.07) is 22.9. The zero-order valence-corrected chi connectivity index (χ0v) is 25.9. The fourth-order valence-electron chi connectivity index (χ4n) is 5.02. The maximum Gasteiger partial charge on any atom is 0.186 e. The zero-order valence-electron chi connectivity index (χ0n) is 22.6. The molecule has 2 heterocycles. The van der Waals surface area contributed by atoms with Crippen molar-refractivity contribution in [2.45, 2.75) is 43.2 Å². The van der Waals surface area contributed by atoms with Crippen LogP contribution >= 0.6 is 23.5 Å². The number of fused-ring (bicyclic) bond motifs is 4. The van der Waals surface area contributed by atoms with E-state index >= 15 is 0 Å². The van der Waals surface area contributed by atoms with Gasteiger partial charge in [0.15, 0.2) is 22.2 Å². The van der Waals surface area contributed by atoms with E-state index in [1.165, 1.54) is 0 Å². The van der Waals surface area contributed by atoms with Crippen LogP contribution in [0, 0.1) is 0 Å². The number of benzene rings is 4. The van der Waals surface area contributed by atoms with Crippen molar-refractivity contribution in [2.75, 3.05) is 22.9 Å². The van der Waals surface area contributed by atoms with E-state index in [2.05, 4.69) is 46.0 Å². The second kappa shape index (κ2) is 12.2. The predicted molar refractivity (Wildman–Crippen MR) is 173 cm³/mol. The predicted octanol–water partition coefficient (Wildman–Crippen LogP) is 7.55. The Morgan fingerprint density at radius 1 is 0.619 bits per heavy atom. The maximum atomic E-state index is 11.6. The summed E-state index contributed by atoms with van der Waals surface area (Å²) in [7, 11) is 0. The summed E-state index contributed by atoms with van der Waals surface area (Å²) < 4.78 is 42.2. The van der Waals surface area contributed by atoms with Crippen LogP contribution in [-0.2, 0) is 22.2 Å². The van der Waals surface area contributed by atoms with Gasteiger partial charge in [-0.3, -0.25) is 0 Å². The molecule has 2 aliphatic rings. The Morgan fingerprint density at radius 2 is 1.05 bits per heavy atom. The summed E-state index contributed by atoms with van der Waals surface area (Å²) >= 11 is -0.794. The van der Waals surface area contributed by atoms with E-state index in [4.69, 9.17) is 0 Å². The lowest BCUT2D eigenvalue weighted by atomic mass is 10.1. The lowest BCUT2D eigenvalue weighted by Crippen LogP contribution is -2.20. The van der Waals surface area contributed by atoms with Gasteiger partial charge in [-0.15, -0.1) is 0 Å². The van der Waals surface area contributed by atoms with Crippen molar-refractivity contribution in [3.63, 3.8) is 0 Å². The molecule has 12 heteroatoms. The number of nitrogens with zero attached hydrogens (tertiary/aromatic N) is 4. The van der Waals surface area contributed by atoms with Crippen molar-refractivity contribution in [1.82, 2.24) is 0 Å². The van der Waals surface area contributed by atoms with E-state index in [-0.39, 0.29) is 0 Å². The first kappa shape index (κ1) is 28.8. The molecule has 2 aliphatic heterocycles. The molecule has 4 aromatic rings. The first-order valence-corrected chi connectivity index (χ1v) is 17.0. The monoisotopic (exact) mass is 634 g/mol. The Morgan fingerprint density at radius 3 is 1.43 bits per heavy atom. The minimum atomic E-state index is -2.03. The molecular weight excluding hydrogens is 609 g/mol. The summed E-state index contributed by atoms with van der Waals surface area (Å²) in [4.78, 5) is 9.30. The molecule has 0 amide bonds. The standard InChI is InChI=1S/C30H26N4O4S4/c1-3-33-23-9-5-19(13-29(23)39-27-11-7-21(41(35)36)15-25(27)33)17-31-32-18-20-6-10-24-30(14-20)40-28-12-8-22(42(37)38)16-26(28)34(24)4-2/h5-18H,3-4H2,1-2H3,(H,35,36)(H,37,38)/b31-17+,32-18+. The van der Waals surface area contributed by atoms with Crippen LogP contribution in [0.15, 0.2) is 112 Å². The molecule has 8 nitrogen and oxygen atoms in total. The third-order valence-electron chi connectivity index (χ3n) is 6.95. The van der Waals surface area contributed by atoms with Crippen molar-refractivity contribution in [3.05, 3.63) is 83.9 Å². The van der Waals surface area contributed by atoms with Gasteiger partial charge >= 0.3 is 0 Å². The lowest BCUT2D eigenvalue weighted by Gasteiger charge is -2.32. The van der Waals surface area contributed by atoms with E-state index in [1.807, 2.05) is 36.4 Å². The van der Waals surface area contributed by atoms with E-state index in [0.29, 0.717) is 9.79 Å². The van der Waals surface area contributed by atoms with Crippen molar-refractivity contribution in [2.24, 2.45) is 10.2 Å². The van der Waals surface area contributed by atoms with Gasteiger partial charge in [0.25, 0.3) is 0 Å². The van der Waals surface area contributed by atoms with Crippen LogP contribution in [0.4, 0.5) is 22.7 Å². The average Bonchev–Trinajstić information content (AvgIpc) is 2.99. The second-order valence-corrected chi connectivity index (χ2v) is 13.5. The molecule has 0 fully saturated rings. The van der Waals surface area contributed by atoms with Crippen LogP contribution in [0.3, 0.4) is 0 Å². The molecule has 0 bridgehead atoms. The molecule has 0 radical (unpaired) electrons. The molecule has 2 N–H and O–H groups in total. The summed E-state index contributed by atoms with van der Waals surface area (Å²) in [6.45, 7) is 5.57. The second-order valence-electron chi connectivity index (χ2n) is 9.39. The summed E-state index contributed by atoms with van der Waals surface area (Å²) in [5.74, 6) is 0. The first-order chi connectivity index (χ1) is 20.4. The van der Waals surface area contributed by atoms with Crippen LogP contribution in [-0.4, -0.2) is 43.0 Å². The van der Waals surface area contributed by atoms with E-state index in [1.54, 1.807) is 60.2 Å². The number of rotatable bonds is 7. The van der Waals surface area contributed by atoms with Crippen LogP contribution in [0.2, 0.25) is 0 Å². The van der Waals surface area contributed by atoms with Crippen molar-refractivity contribution in [3.8, 4) is 0 Å². The van der Waals surface area contributed by atoms with Crippen molar-refractivity contribution < 1.29 is 17.5 Å². The molecule has 0 saturated heterocycles. The van der Waals surface area contributed by atoms with Gasteiger partial charge in [-0.05, 0) is 85.6 Å². The number of hydrogen-bond donors (Lipinski definition) is 2. The molecule has 0 spiro atoms. The maximum absolute atomic E-state index is 11.6. The Bertz CT molecular complexity index is 1680. The highest BCUT2D eigenvalue weighted by molar-refractivity contribution is 8.00. The van der Waals surface area contributed by atoms with Crippen molar-refractivity contribution >= 4 is 80.9 Å². The minimum Gasteiger partial charge on any atom is -0.340 e. The third kappa shape index (κ3) is 5.58. The molecule has 0 saturated carbocycles. The van der Waals surface area contributed by atoms with Gasteiger partial charge in [0, 0.05) is 32.7 Å². The van der Waals surface area contributed by atoms with E-state index in [0.717, 1.165) is 66.5 Å². The SMILES string of the molecule is CCN1c2ccc(/C=N/N=C/c3ccc4c(c3)Sc3ccc(S(=O)O)cc3N4CC)cc2Sc2ccc(S(=O)O)cc21. The highest BCUT2D eigenvalue weighted by atomic mass is 32.2. The Kier molecular flexibility index (Phi) is 8.35. The number of anilines is 4. The van der Waals surface area contributed by atoms with Gasteiger partial charge in [-0.1, -0.05) is 35.7 Å². The van der Waals surface area contributed by atoms with Gasteiger partial charge in [0.2, 0.25) is 0 Å². The normalized spacial score (nSPS) is 15.3. The van der Waals surface area contributed by atoms with Crippen LogP contribution in [0.1, 0.15) is 25.0 Å². The third-order valence-corrected chi connectivity index (χ3v) is 10.5. The van der Waals surface area contributed by atoms with Gasteiger partial charge in [-0.25, -0.2) is 8.42 Å². The molecule has 0 aliphatic carbocycles. The molecule has 4 aromatic carbocycles. The lowest BCUT2D eigenvalue weighted by molar-refractivity contribution is 0.563. The first-order valence-electron chi connectivity index (χ1n) is 13.1. The quantitative estimate of drug-likeness (QED) is 0.122. The summed E-state index contributed by atoms with van der Waals surface area (Å²) in [5.41, 5.74) is 5.80. The van der Waals surface area contributed by atoms with Crippen LogP contribution < -0.4 is 9.80 Å². The molecule has 6 rings (SSSR count). The van der Waals surface area contributed by atoms with Crippen molar-refractivity contribution in [1.29, 1.82) is 0 Å². The Balaban J connectivity index is 1.19. The number of hydrogen-bond acceptors (Lipinski definition) is 8. The molecule has 0 aromatic heterocycles. The Labute approximate surface area is 257 Å². The van der Waals surface area contributed by atoms with Gasteiger partial charge in [0.1, 0.15) is 0 Å². The largest absolute Gasteiger partial charge is 0.340 e. The minimum absolute atomic E-state index is 0.387. The fraction of sp³-hybridized carbons (Fsp3) is 0.133. The molecule has 2 unspecified atom stereocenters. The smallest absolute Gasteiger partial charge is 0.186 e. The van der Waals surface area contributed by atoms with E-state index < -0.39 is 22.2 Å². The van der Waals surface area contributed by atoms with Crippen LogP contribution in [0.25, 0.3) is 0 Å². The zero-order chi connectivity index (χ0) is 29.4. The molecular formula is C30H26N4O4S4. The van der Waals surface area contributed by atoms with Gasteiger partial charge in [0.05, 0.1) is 45.0 Å². The highest BCUT2D eigenvalue weighted by Crippen LogP contribution is 2.50. The summed E-state index contributed by atoms with van der Waals surface area (Å²) in [6.07, 6.45) is 3.46. The molecule has 2 atom stereocenters. The van der Waals surface area contributed by atoms with E-state index in [9.17, 15) is 17.5 Å². The van der Waals surface area contributed by atoms with Gasteiger partial charge < -0.3 is 18.9 Å². The van der Waals surface area contributed by atoms with Gasteiger partial charge in [-0.2, -0.15) is 10.2 Å². The average molecular weight is 635 g/mol. The highest BCUT2D eigenvalue weighted by Gasteiger charge is 2.25. The summed E-state index contributed by atoms with van der Waals surface area (Å²) in [5, 5.41) is 8.59. The molecule has 42 heavy (non-hydrogen) atoms. The molecule has 214 valence electrons. The van der Waals surface area contributed by atoms with Crippen LogP contribution in [0.5, 0.6) is 0 Å². The fourth-order valence-corrected chi connectivity index (χ4v) is 8.06. The topological polar surface area (TPSA) is 106 Å².